The number of benzene rings is 1. The summed E-state index contributed by atoms with van der Waals surface area (Å²) < 4.78 is 11.8. The smallest absolute Gasteiger partial charge is 0.407 e. The van der Waals surface area contributed by atoms with Crippen LogP contribution in [0, 0.1) is 16.7 Å². The molecule has 1 aliphatic heterocycles. The molecule has 0 saturated carbocycles. The molecule has 0 radical (unpaired) electrons. The molecular formula is C18H24N2O4. The van der Waals surface area contributed by atoms with E-state index in [-0.39, 0.29) is 5.41 Å². The van der Waals surface area contributed by atoms with Crippen LogP contribution in [-0.2, 0) is 4.74 Å². The molecule has 0 spiro atoms. The number of hydrogen-bond donors (Lipinski definition) is 1. The van der Waals surface area contributed by atoms with Crippen LogP contribution in [0.5, 0.6) is 5.75 Å². The van der Waals surface area contributed by atoms with Crippen molar-refractivity contribution in [1.82, 2.24) is 4.90 Å². The van der Waals surface area contributed by atoms with Gasteiger partial charge in [0.25, 0.3) is 0 Å². The van der Waals surface area contributed by atoms with Crippen LogP contribution >= 0.6 is 0 Å². The molecule has 1 atom stereocenters. The summed E-state index contributed by atoms with van der Waals surface area (Å²) in [6.07, 6.45) is -0.235. The van der Waals surface area contributed by atoms with Crippen molar-refractivity contribution in [1.29, 1.82) is 5.26 Å². The molecule has 2 rings (SSSR count). The fraction of sp³-hybridized carbons (Fsp3) is 0.556. The third-order valence-corrected chi connectivity index (χ3v) is 4.56. The number of likely N-dealkylation sites (tertiary alicyclic amines) is 1. The zero-order valence-corrected chi connectivity index (χ0v) is 14.4. The molecule has 6 heteroatoms. The van der Waals surface area contributed by atoms with Gasteiger partial charge in [0.1, 0.15) is 12.4 Å². The molecule has 0 aliphatic carbocycles. The normalized spacial score (nSPS) is 20.7. The highest BCUT2D eigenvalue weighted by molar-refractivity contribution is 5.65. The third-order valence-electron chi connectivity index (χ3n) is 4.56. The van der Waals surface area contributed by atoms with Crippen LogP contribution in [0.25, 0.3) is 0 Å². The number of rotatable bonds is 5. The first-order valence-electron chi connectivity index (χ1n) is 8.02. The predicted octanol–water partition coefficient (Wildman–Crippen LogP) is 3.12. The van der Waals surface area contributed by atoms with E-state index in [1.165, 1.54) is 4.90 Å². The van der Waals surface area contributed by atoms with Gasteiger partial charge >= 0.3 is 6.09 Å². The summed E-state index contributed by atoms with van der Waals surface area (Å²) in [5, 5.41) is 18.1. The van der Waals surface area contributed by atoms with E-state index in [9.17, 15) is 9.90 Å². The van der Waals surface area contributed by atoms with Gasteiger partial charge < -0.3 is 19.5 Å². The van der Waals surface area contributed by atoms with E-state index in [2.05, 4.69) is 26.8 Å². The third kappa shape index (κ3) is 3.98. The Morgan fingerprint density at radius 3 is 2.75 bits per heavy atom. The summed E-state index contributed by atoms with van der Waals surface area (Å²) in [5.41, 5.74) is -0.145. The highest BCUT2D eigenvalue weighted by Gasteiger charge is 2.49. The number of amides is 1. The van der Waals surface area contributed by atoms with Crippen molar-refractivity contribution in [3.05, 3.63) is 29.8 Å². The van der Waals surface area contributed by atoms with Crippen LogP contribution in [0.15, 0.2) is 24.3 Å². The summed E-state index contributed by atoms with van der Waals surface area (Å²) in [6.45, 7) is 7.76. The van der Waals surface area contributed by atoms with Crippen molar-refractivity contribution in [3.63, 3.8) is 0 Å². The molecule has 1 N–H and O–H groups in total. The lowest BCUT2D eigenvalue weighted by molar-refractivity contribution is -0.113. The van der Waals surface area contributed by atoms with E-state index in [1.807, 2.05) is 0 Å². The van der Waals surface area contributed by atoms with Crippen molar-refractivity contribution >= 4 is 6.09 Å². The summed E-state index contributed by atoms with van der Waals surface area (Å²) in [5.74, 6) is 0.626. The van der Waals surface area contributed by atoms with Gasteiger partial charge in [-0.25, -0.2) is 4.79 Å². The number of ether oxygens (including phenoxy) is 2. The molecule has 1 aliphatic rings. The molecule has 24 heavy (non-hydrogen) atoms. The molecule has 0 bridgehead atoms. The number of nitrogens with zero attached hydrogens (tertiary/aromatic N) is 2. The Hall–Kier alpha value is -2.26. The summed E-state index contributed by atoms with van der Waals surface area (Å²) in [7, 11) is 0. The van der Waals surface area contributed by atoms with E-state index in [0.29, 0.717) is 44.0 Å². The highest BCUT2D eigenvalue weighted by Crippen LogP contribution is 2.41. The zero-order chi connectivity index (χ0) is 17.8. The molecule has 1 amide bonds. The lowest BCUT2D eigenvalue weighted by atomic mass is 9.75. The molecule has 130 valence electrons. The van der Waals surface area contributed by atoms with Crippen molar-refractivity contribution < 1.29 is 19.4 Å². The first-order chi connectivity index (χ1) is 11.3. The van der Waals surface area contributed by atoms with Crippen molar-refractivity contribution in [3.8, 4) is 11.8 Å². The minimum atomic E-state index is -0.908. The Balaban J connectivity index is 1.92. The van der Waals surface area contributed by atoms with Gasteiger partial charge in [-0.2, -0.15) is 5.26 Å². The van der Waals surface area contributed by atoms with Gasteiger partial charge in [0.2, 0.25) is 0 Å². The van der Waals surface area contributed by atoms with Gasteiger partial charge in [-0.15, -0.1) is 0 Å². The largest absolute Gasteiger partial charge is 0.491 e. The average Bonchev–Trinajstić information content (AvgIpc) is 2.98. The quantitative estimate of drug-likeness (QED) is 0.838. The minimum Gasteiger partial charge on any atom is -0.491 e. The summed E-state index contributed by atoms with van der Waals surface area (Å²) in [6, 6.07) is 9.04. The zero-order valence-electron chi connectivity index (χ0n) is 14.4. The fourth-order valence-corrected chi connectivity index (χ4v) is 2.94. The topological polar surface area (TPSA) is 82.8 Å². The van der Waals surface area contributed by atoms with Crippen molar-refractivity contribution in [2.24, 2.45) is 5.41 Å². The number of carboxylic acid groups (broad SMARTS) is 1. The SMILES string of the molecule is CC(C)(C)[C@@]1(OCCOc2cccc(C#N)c2)CCN(C(=O)O)C1. The summed E-state index contributed by atoms with van der Waals surface area (Å²) >= 11 is 0. The lowest BCUT2D eigenvalue weighted by Crippen LogP contribution is -2.49. The van der Waals surface area contributed by atoms with E-state index in [1.54, 1.807) is 24.3 Å². The van der Waals surface area contributed by atoms with Crippen LogP contribution in [0.3, 0.4) is 0 Å². The minimum absolute atomic E-state index is 0.183. The highest BCUT2D eigenvalue weighted by atomic mass is 16.5. The van der Waals surface area contributed by atoms with E-state index < -0.39 is 11.7 Å². The molecule has 0 unspecified atom stereocenters. The Labute approximate surface area is 142 Å². The average molecular weight is 332 g/mol. The van der Waals surface area contributed by atoms with Crippen molar-refractivity contribution in [2.75, 3.05) is 26.3 Å². The van der Waals surface area contributed by atoms with Crippen LogP contribution in [0.2, 0.25) is 0 Å². The molecule has 1 saturated heterocycles. The van der Waals surface area contributed by atoms with Crippen LogP contribution < -0.4 is 4.74 Å². The molecule has 1 aromatic carbocycles. The van der Waals surface area contributed by atoms with Crippen LogP contribution in [0.1, 0.15) is 32.8 Å². The van der Waals surface area contributed by atoms with Gasteiger partial charge in [-0.1, -0.05) is 26.8 Å². The Morgan fingerprint density at radius 1 is 1.42 bits per heavy atom. The van der Waals surface area contributed by atoms with E-state index >= 15 is 0 Å². The molecular weight excluding hydrogens is 308 g/mol. The molecule has 1 heterocycles. The van der Waals surface area contributed by atoms with Crippen molar-refractivity contribution in [2.45, 2.75) is 32.8 Å². The molecule has 0 aromatic heterocycles. The standard InChI is InChI=1S/C18H24N2O4/c1-17(2,3)18(7-8-20(13-18)16(21)22)24-10-9-23-15-6-4-5-14(11-15)12-19/h4-6,11H,7-10,13H2,1-3H3,(H,21,22)/t18-/m1/s1. The Bertz CT molecular complexity index is 633. The second-order valence-corrected chi connectivity index (χ2v) is 7.03. The number of hydrogen-bond acceptors (Lipinski definition) is 4. The first kappa shape index (κ1) is 18.1. The van der Waals surface area contributed by atoms with Gasteiger partial charge in [0, 0.05) is 6.54 Å². The van der Waals surface area contributed by atoms with Crippen LogP contribution in [0.4, 0.5) is 4.79 Å². The lowest BCUT2D eigenvalue weighted by Gasteiger charge is -2.41. The Morgan fingerprint density at radius 2 is 2.17 bits per heavy atom. The number of carbonyl (C=O) groups is 1. The monoisotopic (exact) mass is 332 g/mol. The predicted molar refractivity (Wildman–Crippen MR) is 89.0 cm³/mol. The Kier molecular flexibility index (Phi) is 5.35. The maximum Gasteiger partial charge on any atom is 0.407 e. The first-order valence-corrected chi connectivity index (χ1v) is 8.02. The van der Waals surface area contributed by atoms with Crippen LogP contribution in [-0.4, -0.2) is 48.0 Å². The summed E-state index contributed by atoms with van der Waals surface area (Å²) in [4.78, 5) is 12.6. The second-order valence-electron chi connectivity index (χ2n) is 7.03. The van der Waals surface area contributed by atoms with Gasteiger partial charge in [0.05, 0.1) is 30.4 Å². The van der Waals surface area contributed by atoms with E-state index in [0.717, 1.165) is 0 Å². The molecule has 1 aromatic rings. The fourth-order valence-electron chi connectivity index (χ4n) is 2.94. The van der Waals surface area contributed by atoms with Gasteiger partial charge in [-0.05, 0) is 30.0 Å². The maximum atomic E-state index is 11.2. The van der Waals surface area contributed by atoms with Gasteiger partial charge in [-0.3, -0.25) is 0 Å². The van der Waals surface area contributed by atoms with Gasteiger partial charge in [0.15, 0.2) is 0 Å². The van der Waals surface area contributed by atoms with E-state index in [4.69, 9.17) is 14.7 Å². The molecule has 6 nitrogen and oxygen atoms in total. The second kappa shape index (κ2) is 7.10. The number of nitriles is 1. The molecule has 1 fully saturated rings. The maximum absolute atomic E-state index is 11.2.